The van der Waals surface area contributed by atoms with Crippen LogP contribution in [0.15, 0.2) is 0 Å². The van der Waals surface area contributed by atoms with Crippen molar-refractivity contribution >= 4 is 35.8 Å². The molecule has 39 heavy (non-hydrogen) atoms. The molecule has 0 unspecified atom stereocenters. The fraction of sp³-hybridized carbons (Fsp3) is 0.750. The summed E-state index contributed by atoms with van der Waals surface area (Å²) >= 11 is 0. The minimum Gasteiger partial charge on any atom is -0.543 e. The largest absolute Gasteiger partial charge is 0.543 e. The van der Waals surface area contributed by atoms with E-state index < -0.39 is 35.8 Å². The van der Waals surface area contributed by atoms with Gasteiger partial charge in [0, 0.05) is 0 Å². The normalized spacial score (nSPS) is 9.54. The second kappa shape index (κ2) is 29.3. The van der Waals surface area contributed by atoms with Gasteiger partial charge in [0.05, 0.1) is 48.2 Å². The summed E-state index contributed by atoms with van der Waals surface area (Å²) in [5.41, 5.74) is 3.64. The number of carboxylic acids is 6. The first kappa shape index (κ1) is 48.7. The molecule has 0 amide bonds. The van der Waals surface area contributed by atoms with E-state index in [1.54, 1.807) is 4.90 Å². The van der Waals surface area contributed by atoms with E-state index in [4.69, 9.17) is 59.4 Å². The molecule has 234 valence electrons. The minimum absolute atomic E-state index is 0.583. The van der Waals surface area contributed by atoms with Gasteiger partial charge in [-0.3, -0.25) is 0 Å². The predicted octanol–water partition coefficient (Wildman–Crippen LogP) is -5.44. The van der Waals surface area contributed by atoms with Gasteiger partial charge in [0.15, 0.2) is 5.97 Å². The molecule has 0 radical (unpaired) electrons. The third-order valence-electron chi connectivity index (χ3n) is 3.29. The Bertz CT molecular complexity index is 571. The molecule has 9 N–H and O–H groups in total. The highest BCUT2D eigenvalue weighted by Crippen LogP contribution is 1.81. The molecule has 0 atom stereocenters. The van der Waals surface area contributed by atoms with Gasteiger partial charge in [-0.05, 0) is 83.1 Å². The second-order valence-corrected chi connectivity index (χ2v) is 9.82. The molecule has 0 aromatic carbocycles. The zero-order valence-electron chi connectivity index (χ0n) is 25.3. The fourth-order valence-electron chi connectivity index (χ4n) is 2.77. The number of carbonyl (C=O) groups excluding carboxylic acids is 3. The molecule has 15 heteroatoms. The van der Waals surface area contributed by atoms with Crippen molar-refractivity contribution in [2.45, 2.75) is 119 Å². The first-order valence-electron chi connectivity index (χ1n) is 12.1. The van der Waals surface area contributed by atoms with Crippen LogP contribution in [0.2, 0.25) is 0 Å². The van der Waals surface area contributed by atoms with E-state index in [0.29, 0.717) is 6.04 Å². The monoisotopic (exact) mass is 573 g/mol. The summed E-state index contributed by atoms with van der Waals surface area (Å²) in [6.07, 6.45) is 0. The standard InChI is InChI=1S/C9H21N.C6H15N.C3H9N.3C2H2O4/c1-7(2)10(8(3)4)9(5)6;1-5(2)7-6(3)4;1-3(2)4;3*3-1(4)2(5)6/h7-9H,1-6H3;5-7H,1-4H3;3H,4H2,1-2H3;3*(H,3,4)(H,5,6). The average molecular weight is 574 g/mol. The van der Waals surface area contributed by atoms with Gasteiger partial charge in [-0.25, -0.2) is 14.4 Å². The lowest BCUT2D eigenvalue weighted by Crippen LogP contribution is -3.20. The van der Waals surface area contributed by atoms with Gasteiger partial charge in [0.1, 0.15) is 0 Å². The first-order valence-corrected chi connectivity index (χ1v) is 12.1. The maximum absolute atomic E-state index is 9.10. The van der Waals surface area contributed by atoms with Crippen LogP contribution in [-0.2, 0) is 28.8 Å². The number of aliphatic carboxylic acids is 6. The third kappa shape index (κ3) is 60.8. The smallest absolute Gasteiger partial charge is 0.414 e. The highest BCUT2D eigenvalue weighted by atomic mass is 16.5. The summed E-state index contributed by atoms with van der Waals surface area (Å²) in [6, 6.07) is 4.33. The minimum atomic E-state index is -2.19. The molecule has 0 bridgehead atoms. The van der Waals surface area contributed by atoms with Crippen molar-refractivity contribution < 1.29 is 75.4 Å². The van der Waals surface area contributed by atoms with E-state index in [0.717, 1.165) is 30.2 Å². The molecule has 0 aliphatic carbocycles. The van der Waals surface area contributed by atoms with Crippen LogP contribution < -0.4 is 31.3 Å². The number of nitrogens with two attached hydrogens (primary N) is 1. The molecule has 0 fully saturated rings. The number of nitrogens with one attached hydrogen (secondary N) is 1. The Morgan fingerprint density at radius 1 is 0.538 bits per heavy atom. The van der Waals surface area contributed by atoms with Crippen LogP contribution in [0.1, 0.15) is 83.1 Å². The number of rotatable bonds is 5. The number of hydrogen-bond acceptors (Lipinski definition) is 9. The molecule has 0 rings (SSSR count). The van der Waals surface area contributed by atoms with Crippen LogP contribution in [-0.4, -0.2) is 87.4 Å². The molecule has 0 spiro atoms. The molecule has 0 aromatic heterocycles. The van der Waals surface area contributed by atoms with Crippen molar-refractivity contribution in [3.63, 3.8) is 0 Å². The summed E-state index contributed by atoms with van der Waals surface area (Å²) in [5.74, 6) is -12.0. The van der Waals surface area contributed by atoms with E-state index in [1.807, 2.05) is 0 Å². The molecule has 0 heterocycles. The van der Waals surface area contributed by atoms with Crippen molar-refractivity contribution in [1.82, 2.24) is 0 Å². The predicted molar refractivity (Wildman–Crippen MR) is 135 cm³/mol. The maximum Gasteiger partial charge on any atom is 0.414 e. The number of hydrogen-bond donors (Lipinski definition) is 6. The molecular formula is C24H51N3O12. The van der Waals surface area contributed by atoms with Crippen LogP contribution >= 0.6 is 0 Å². The van der Waals surface area contributed by atoms with Crippen LogP contribution in [0.3, 0.4) is 0 Å². The van der Waals surface area contributed by atoms with Crippen molar-refractivity contribution in [2.75, 3.05) is 0 Å². The highest BCUT2D eigenvalue weighted by molar-refractivity contribution is 6.27. The third-order valence-corrected chi connectivity index (χ3v) is 3.29. The Kier molecular flexibility index (Phi) is 36.6. The van der Waals surface area contributed by atoms with E-state index in [1.165, 1.54) is 0 Å². The molecule has 0 aromatic rings. The average Bonchev–Trinajstić information content (AvgIpc) is 2.67. The van der Waals surface area contributed by atoms with Gasteiger partial charge >= 0.3 is 17.9 Å². The van der Waals surface area contributed by atoms with E-state index in [2.05, 4.69) is 94.1 Å². The van der Waals surface area contributed by atoms with Gasteiger partial charge in [-0.2, -0.15) is 0 Å². The maximum atomic E-state index is 9.10. The summed E-state index contributed by atoms with van der Waals surface area (Å²) in [6.45, 7) is 26.7. The number of carbonyl (C=O) groups is 6. The Labute approximate surface area is 231 Å². The zero-order chi connectivity index (χ0) is 33.2. The Balaban J connectivity index is -0.0000000856. The van der Waals surface area contributed by atoms with Crippen molar-refractivity contribution in [1.29, 1.82) is 0 Å². The van der Waals surface area contributed by atoms with Gasteiger partial charge in [0.25, 0.3) is 0 Å². The first-order chi connectivity index (χ1) is 17.3. The summed E-state index contributed by atoms with van der Waals surface area (Å²) in [7, 11) is 0. The topological polar surface area (TPSA) is 281 Å². The Morgan fingerprint density at radius 3 is 0.718 bits per heavy atom. The Hall–Kier alpha value is -3.30. The van der Waals surface area contributed by atoms with Crippen LogP contribution in [0.4, 0.5) is 0 Å². The lowest BCUT2D eigenvalue weighted by Gasteiger charge is -2.31. The molecule has 0 saturated carbocycles. The van der Waals surface area contributed by atoms with E-state index in [-0.39, 0.29) is 0 Å². The van der Waals surface area contributed by atoms with Gasteiger partial charge in [0.2, 0.25) is 0 Å². The molecular weight excluding hydrogens is 522 g/mol. The van der Waals surface area contributed by atoms with Crippen molar-refractivity contribution in [3.8, 4) is 0 Å². The Morgan fingerprint density at radius 2 is 0.718 bits per heavy atom. The van der Waals surface area contributed by atoms with Crippen molar-refractivity contribution in [2.24, 2.45) is 0 Å². The van der Waals surface area contributed by atoms with Crippen LogP contribution in [0.25, 0.3) is 0 Å². The lowest BCUT2D eigenvalue weighted by atomic mass is 10.2. The number of quaternary nitrogens is 3. The zero-order valence-corrected chi connectivity index (χ0v) is 25.3. The van der Waals surface area contributed by atoms with Gasteiger partial charge in [-0.15, -0.1) is 0 Å². The molecule has 0 aliphatic heterocycles. The highest BCUT2D eigenvalue weighted by Gasteiger charge is 2.19. The summed E-state index contributed by atoms with van der Waals surface area (Å²) < 4.78 is 0. The van der Waals surface area contributed by atoms with Crippen molar-refractivity contribution in [3.05, 3.63) is 0 Å². The van der Waals surface area contributed by atoms with Gasteiger partial charge in [-0.1, -0.05) is 0 Å². The van der Waals surface area contributed by atoms with E-state index in [9.17, 15) is 0 Å². The quantitative estimate of drug-likeness (QED) is 0.168. The molecule has 0 saturated heterocycles. The van der Waals surface area contributed by atoms with Gasteiger partial charge < -0.3 is 61.0 Å². The molecule has 0 aliphatic rings. The SMILES string of the molecule is CC(C)[NH+](C(C)C)C(C)C.CC(C)[NH2+]C(C)C.CC(C)[NH3+].O=C(O)C(=O)O.O=C([O-])C(=O)O.O=C([O-])C(=O)[O-]. The fourth-order valence-corrected chi connectivity index (χ4v) is 2.77. The summed E-state index contributed by atoms with van der Waals surface area (Å²) in [4.78, 5) is 55.8. The van der Waals surface area contributed by atoms with E-state index >= 15 is 0 Å². The molecule has 15 nitrogen and oxygen atoms in total. The summed E-state index contributed by atoms with van der Waals surface area (Å²) in [5, 5.41) is 51.3. The van der Waals surface area contributed by atoms with Crippen LogP contribution in [0.5, 0.6) is 0 Å². The number of carboxylic acid groups (broad SMARTS) is 6. The van der Waals surface area contributed by atoms with Crippen LogP contribution in [0, 0.1) is 0 Å². The second-order valence-electron chi connectivity index (χ2n) is 9.82. The lowest BCUT2D eigenvalue weighted by molar-refractivity contribution is -0.962.